The normalized spacial score (nSPS) is 14.1. The molecule has 1 aromatic carbocycles. The average molecular weight is 513 g/mol. The second-order valence-electron chi connectivity index (χ2n) is 7.71. The minimum Gasteiger partial charge on any atom is -0.481 e. The number of hydrogen-bond donors (Lipinski definition) is 7. The van der Waals surface area contributed by atoms with Gasteiger partial charge in [0.1, 0.15) is 18.1 Å². The highest BCUT2D eigenvalue weighted by molar-refractivity contribution is 7.98. The predicted molar refractivity (Wildman–Crippen MR) is 129 cm³/mol. The smallest absolute Gasteiger partial charge is 0.326 e. The molecule has 0 radical (unpaired) electrons. The van der Waals surface area contributed by atoms with Gasteiger partial charge in [0.15, 0.2) is 0 Å². The number of hydrogen-bond acceptors (Lipinski definition) is 8. The van der Waals surface area contributed by atoms with E-state index in [1.54, 1.807) is 30.3 Å². The van der Waals surface area contributed by atoms with Crippen molar-refractivity contribution in [1.82, 2.24) is 16.0 Å². The number of rotatable bonds is 16. The number of carbonyl (C=O) groups is 5. The summed E-state index contributed by atoms with van der Waals surface area (Å²) < 4.78 is 0. The SMILES string of the molecule is CSCCC(N)C(=O)NC(CO)C(=O)NC(CCC(=O)O)C(=O)NC(Cc1ccccc1)C(=O)O. The average Bonchev–Trinajstić information content (AvgIpc) is 2.82. The molecule has 0 bridgehead atoms. The molecule has 1 aromatic rings. The van der Waals surface area contributed by atoms with Gasteiger partial charge in [0.05, 0.1) is 12.6 Å². The number of carboxylic acids is 2. The molecule has 4 atom stereocenters. The van der Waals surface area contributed by atoms with E-state index in [1.807, 2.05) is 6.26 Å². The Balaban J connectivity index is 2.91. The summed E-state index contributed by atoms with van der Waals surface area (Å²) in [4.78, 5) is 60.3. The van der Waals surface area contributed by atoms with E-state index < -0.39 is 66.9 Å². The minimum absolute atomic E-state index is 0.0369. The fraction of sp³-hybridized carbons (Fsp3) is 0.500. The summed E-state index contributed by atoms with van der Waals surface area (Å²) in [5.74, 6) is -4.47. The van der Waals surface area contributed by atoms with E-state index in [4.69, 9.17) is 10.8 Å². The molecule has 0 aromatic heterocycles. The highest BCUT2D eigenvalue weighted by atomic mass is 32.2. The molecule has 194 valence electrons. The third-order valence-electron chi connectivity index (χ3n) is 4.96. The number of carboxylic acid groups (broad SMARTS) is 2. The van der Waals surface area contributed by atoms with Crippen molar-refractivity contribution in [2.75, 3.05) is 18.6 Å². The van der Waals surface area contributed by atoms with Crippen LogP contribution in [0.3, 0.4) is 0 Å². The lowest BCUT2D eigenvalue weighted by atomic mass is 10.0. The van der Waals surface area contributed by atoms with Crippen LogP contribution in [0.15, 0.2) is 30.3 Å². The quantitative estimate of drug-likeness (QED) is 0.139. The van der Waals surface area contributed by atoms with Crippen LogP contribution in [0.1, 0.15) is 24.8 Å². The number of nitrogens with two attached hydrogens (primary N) is 1. The molecule has 35 heavy (non-hydrogen) atoms. The predicted octanol–water partition coefficient (Wildman–Crippen LogP) is -1.29. The third-order valence-corrected chi connectivity index (χ3v) is 5.61. The van der Waals surface area contributed by atoms with Crippen molar-refractivity contribution in [3.63, 3.8) is 0 Å². The van der Waals surface area contributed by atoms with E-state index in [0.29, 0.717) is 17.7 Å². The van der Waals surface area contributed by atoms with E-state index in [2.05, 4.69) is 16.0 Å². The van der Waals surface area contributed by atoms with Crippen molar-refractivity contribution in [2.24, 2.45) is 5.73 Å². The van der Waals surface area contributed by atoms with Gasteiger partial charge in [0.25, 0.3) is 0 Å². The molecule has 1 rings (SSSR count). The molecular weight excluding hydrogens is 480 g/mol. The Labute approximate surface area is 207 Å². The Morgan fingerprint density at radius 1 is 0.886 bits per heavy atom. The molecule has 0 heterocycles. The molecule has 0 aliphatic heterocycles. The standard InChI is InChI=1S/C22H32N4O8S/c1-35-10-9-14(23)19(30)26-17(12-27)21(32)24-15(7-8-18(28)29)20(31)25-16(22(33)34)11-13-5-3-2-4-6-13/h2-6,14-17,27H,7-12,23H2,1H3,(H,24,32)(H,25,31)(H,26,30)(H,28,29)(H,33,34). The van der Waals surface area contributed by atoms with Crippen LogP contribution in [0.5, 0.6) is 0 Å². The summed E-state index contributed by atoms with van der Waals surface area (Å²) in [6.45, 7) is -0.800. The first kappa shape index (κ1) is 29.9. The zero-order valence-electron chi connectivity index (χ0n) is 19.3. The van der Waals surface area contributed by atoms with Crippen LogP contribution >= 0.6 is 11.8 Å². The molecule has 12 nitrogen and oxygen atoms in total. The number of aliphatic carboxylic acids is 2. The lowest BCUT2D eigenvalue weighted by molar-refractivity contribution is -0.143. The van der Waals surface area contributed by atoms with E-state index in [9.17, 15) is 34.2 Å². The Hall–Kier alpha value is -3.16. The van der Waals surface area contributed by atoms with Crippen LogP contribution in [0.25, 0.3) is 0 Å². The number of thioether (sulfide) groups is 1. The highest BCUT2D eigenvalue weighted by Gasteiger charge is 2.30. The Morgan fingerprint density at radius 2 is 1.46 bits per heavy atom. The zero-order valence-corrected chi connectivity index (χ0v) is 20.1. The summed E-state index contributed by atoms with van der Waals surface area (Å²) in [5.41, 5.74) is 6.41. The third kappa shape index (κ3) is 11.2. The summed E-state index contributed by atoms with van der Waals surface area (Å²) >= 11 is 1.48. The maximum atomic E-state index is 12.8. The van der Waals surface area contributed by atoms with Crippen LogP contribution in [0.2, 0.25) is 0 Å². The largest absolute Gasteiger partial charge is 0.481 e. The molecule has 3 amide bonds. The van der Waals surface area contributed by atoms with Gasteiger partial charge >= 0.3 is 11.9 Å². The Morgan fingerprint density at radius 3 is 2.00 bits per heavy atom. The topological polar surface area (TPSA) is 208 Å². The van der Waals surface area contributed by atoms with E-state index >= 15 is 0 Å². The van der Waals surface area contributed by atoms with Crippen molar-refractivity contribution in [1.29, 1.82) is 0 Å². The summed E-state index contributed by atoms with van der Waals surface area (Å²) in [5, 5.41) is 35.0. The molecule has 0 spiro atoms. The van der Waals surface area contributed by atoms with Crippen molar-refractivity contribution >= 4 is 41.4 Å². The van der Waals surface area contributed by atoms with Gasteiger partial charge in [-0.15, -0.1) is 0 Å². The monoisotopic (exact) mass is 512 g/mol. The van der Waals surface area contributed by atoms with Gasteiger partial charge in [-0.3, -0.25) is 19.2 Å². The zero-order chi connectivity index (χ0) is 26.4. The lowest BCUT2D eigenvalue weighted by Gasteiger charge is -2.24. The maximum Gasteiger partial charge on any atom is 0.326 e. The van der Waals surface area contributed by atoms with Crippen LogP contribution in [0.4, 0.5) is 0 Å². The number of aliphatic hydroxyl groups is 1. The second kappa shape index (κ2) is 15.7. The molecule has 0 saturated carbocycles. The van der Waals surface area contributed by atoms with E-state index in [0.717, 1.165) is 0 Å². The van der Waals surface area contributed by atoms with Crippen LogP contribution in [-0.4, -0.2) is 87.8 Å². The second-order valence-corrected chi connectivity index (χ2v) is 8.70. The van der Waals surface area contributed by atoms with Crippen LogP contribution in [-0.2, 0) is 30.4 Å². The first-order valence-electron chi connectivity index (χ1n) is 10.8. The number of nitrogens with one attached hydrogen (secondary N) is 3. The van der Waals surface area contributed by atoms with Gasteiger partial charge in [-0.1, -0.05) is 30.3 Å². The first-order valence-corrected chi connectivity index (χ1v) is 12.2. The minimum atomic E-state index is -1.44. The van der Waals surface area contributed by atoms with Crippen molar-refractivity contribution in [2.45, 2.75) is 49.9 Å². The summed E-state index contributed by atoms with van der Waals surface area (Å²) in [7, 11) is 0. The summed E-state index contributed by atoms with van der Waals surface area (Å²) in [6, 6.07) is 3.43. The Kier molecular flexibility index (Phi) is 13.4. The van der Waals surface area contributed by atoms with Crippen molar-refractivity contribution in [3.8, 4) is 0 Å². The molecule has 0 aliphatic carbocycles. The maximum absolute atomic E-state index is 12.8. The number of benzene rings is 1. The van der Waals surface area contributed by atoms with Gasteiger partial charge in [0.2, 0.25) is 17.7 Å². The van der Waals surface area contributed by atoms with Crippen molar-refractivity contribution < 1.29 is 39.3 Å². The summed E-state index contributed by atoms with van der Waals surface area (Å²) in [6.07, 6.45) is 1.30. The van der Waals surface area contributed by atoms with E-state index in [1.165, 1.54) is 11.8 Å². The fourth-order valence-corrected chi connectivity index (χ4v) is 3.47. The van der Waals surface area contributed by atoms with Gasteiger partial charge in [-0.05, 0) is 30.4 Å². The lowest BCUT2D eigenvalue weighted by Crippen LogP contribution is -2.58. The molecule has 13 heteroatoms. The molecule has 0 aliphatic rings. The van der Waals surface area contributed by atoms with Crippen molar-refractivity contribution in [3.05, 3.63) is 35.9 Å². The molecule has 0 saturated heterocycles. The molecular formula is C22H32N4O8S. The van der Waals surface area contributed by atoms with Crippen LogP contribution in [0, 0.1) is 0 Å². The fourth-order valence-electron chi connectivity index (χ4n) is 2.98. The van der Waals surface area contributed by atoms with Gasteiger partial charge in [-0.2, -0.15) is 11.8 Å². The van der Waals surface area contributed by atoms with Gasteiger partial charge in [0, 0.05) is 12.8 Å². The van der Waals surface area contributed by atoms with Gasteiger partial charge in [-0.25, -0.2) is 4.79 Å². The first-order chi connectivity index (χ1) is 16.6. The Bertz CT molecular complexity index is 870. The molecule has 4 unspecified atom stereocenters. The highest BCUT2D eigenvalue weighted by Crippen LogP contribution is 2.06. The molecule has 0 fully saturated rings. The van der Waals surface area contributed by atoms with Gasteiger partial charge < -0.3 is 37.0 Å². The number of aliphatic hydroxyl groups excluding tert-OH is 1. The number of amides is 3. The molecule has 8 N–H and O–H groups in total. The number of carbonyl (C=O) groups excluding carboxylic acids is 3. The van der Waals surface area contributed by atoms with E-state index in [-0.39, 0.29) is 12.8 Å². The van der Waals surface area contributed by atoms with Crippen LogP contribution < -0.4 is 21.7 Å².